The van der Waals surface area contributed by atoms with Crippen LogP contribution in [0.2, 0.25) is 0 Å². The van der Waals surface area contributed by atoms with Crippen LogP contribution in [0.25, 0.3) is 11.2 Å². The highest BCUT2D eigenvalue weighted by atomic mass is 16.3. The van der Waals surface area contributed by atoms with Crippen LogP contribution in [-0.2, 0) is 19.3 Å². The van der Waals surface area contributed by atoms with Gasteiger partial charge in [0.2, 0.25) is 0 Å². The van der Waals surface area contributed by atoms with Crippen LogP contribution in [0.15, 0.2) is 46.9 Å². The number of rotatable bonds is 5. The largest absolute Gasteiger partial charge is 0.439 e. The van der Waals surface area contributed by atoms with Gasteiger partial charge in [0.1, 0.15) is 0 Å². The molecule has 3 rings (SSSR count). The Morgan fingerprint density at radius 3 is 2.55 bits per heavy atom. The molecule has 4 nitrogen and oxygen atoms in total. The maximum atomic E-state index is 5.57. The first-order valence-corrected chi connectivity index (χ1v) is 6.84. The minimum absolute atomic E-state index is 0.535. The van der Waals surface area contributed by atoms with Crippen LogP contribution in [0, 0.1) is 0 Å². The van der Waals surface area contributed by atoms with E-state index in [4.69, 9.17) is 10.2 Å². The van der Waals surface area contributed by atoms with Crippen molar-refractivity contribution in [1.29, 1.82) is 0 Å². The fourth-order valence-corrected chi connectivity index (χ4v) is 2.19. The highest BCUT2D eigenvalue weighted by molar-refractivity contribution is 5.67. The van der Waals surface area contributed by atoms with Gasteiger partial charge in [0.25, 0.3) is 0 Å². The lowest BCUT2D eigenvalue weighted by atomic mass is 10.1. The van der Waals surface area contributed by atoms with Crippen LogP contribution in [0.3, 0.4) is 0 Å². The number of hydrogen-bond donors (Lipinski definition) is 1. The van der Waals surface area contributed by atoms with E-state index >= 15 is 0 Å². The van der Waals surface area contributed by atoms with Crippen LogP contribution in [-0.4, -0.2) is 16.5 Å². The number of pyridine rings is 1. The molecule has 20 heavy (non-hydrogen) atoms. The Kier molecular flexibility index (Phi) is 3.74. The number of nitrogens with two attached hydrogens (primary N) is 1. The van der Waals surface area contributed by atoms with E-state index in [1.807, 2.05) is 18.2 Å². The average molecular weight is 267 g/mol. The molecule has 4 heteroatoms. The fourth-order valence-electron chi connectivity index (χ4n) is 2.19. The lowest BCUT2D eigenvalue weighted by Crippen LogP contribution is -2.02. The molecule has 2 heterocycles. The van der Waals surface area contributed by atoms with Gasteiger partial charge in [0, 0.05) is 18.7 Å². The van der Waals surface area contributed by atoms with Crippen LogP contribution in [0.1, 0.15) is 17.1 Å². The van der Waals surface area contributed by atoms with Crippen molar-refractivity contribution in [2.24, 2.45) is 5.73 Å². The molecule has 2 aromatic heterocycles. The molecule has 3 aromatic rings. The number of benzene rings is 1. The maximum Gasteiger partial charge on any atom is 0.199 e. The molecule has 102 valence electrons. The van der Waals surface area contributed by atoms with E-state index in [-0.39, 0.29) is 0 Å². The summed E-state index contributed by atoms with van der Waals surface area (Å²) in [5.74, 6) is 0.662. The molecule has 0 aliphatic rings. The minimum atomic E-state index is 0.535. The third kappa shape index (κ3) is 2.86. The molecule has 0 aliphatic carbocycles. The Balaban J connectivity index is 1.75. The molecule has 0 radical (unpaired) electrons. The normalized spacial score (nSPS) is 11.1. The first-order valence-electron chi connectivity index (χ1n) is 6.84. The van der Waals surface area contributed by atoms with Gasteiger partial charge in [-0.25, -0.2) is 4.98 Å². The second-order valence-electron chi connectivity index (χ2n) is 4.76. The van der Waals surface area contributed by atoms with Gasteiger partial charge in [0.05, 0.1) is 0 Å². The zero-order valence-corrected chi connectivity index (χ0v) is 11.2. The summed E-state index contributed by atoms with van der Waals surface area (Å²) in [6.45, 7) is 0.535. The third-order valence-electron chi connectivity index (χ3n) is 3.23. The monoisotopic (exact) mass is 267 g/mol. The first-order chi connectivity index (χ1) is 9.85. The summed E-state index contributed by atoms with van der Waals surface area (Å²) < 4.78 is 5.57. The van der Waals surface area contributed by atoms with Crippen molar-refractivity contribution in [3.63, 3.8) is 0 Å². The summed E-state index contributed by atoms with van der Waals surface area (Å²) >= 11 is 0. The quantitative estimate of drug-likeness (QED) is 0.771. The van der Waals surface area contributed by atoms with Crippen molar-refractivity contribution in [2.45, 2.75) is 19.3 Å². The molecule has 0 amide bonds. The molecular formula is C16H17N3O. The molecule has 0 unspecified atom stereocenters. The lowest BCUT2D eigenvalue weighted by Gasteiger charge is -2.00. The lowest BCUT2D eigenvalue weighted by molar-refractivity contribution is 0.531. The summed E-state index contributed by atoms with van der Waals surface area (Å²) in [5.41, 5.74) is 9.27. The van der Waals surface area contributed by atoms with E-state index in [0.717, 1.165) is 24.1 Å². The Morgan fingerprint density at radius 1 is 0.900 bits per heavy atom. The maximum absolute atomic E-state index is 5.57. The smallest absolute Gasteiger partial charge is 0.199 e. The topological polar surface area (TPSA) is 64.9 Å². The van der Waals surface area contributed by atoms with Gasteiger partial charge >= 0.3 is 0 Å². The molecule has 0 aliphatic heterocycles. The SMILES string of the molecule is NCCc1nc2nc(CCc3ccccc3)ccc2o1. The van der Waals surface area contributed by atoms with Gasteiger partial charge in [0.15, 0.2) is 17.1 Å². The van der Waals surface area contributed by atoms with Crippen molar-refractivity contribution < 1.29 is 4.42 Å². The molecule has 1 aromatic carbocycles. The summed E-state index contributed by atoms with van der Waals surface area (Å²) in [7, 11) is 0. The van der Waals surface area contributed by atoms with E-state index < -0.39 is 0 Å². The van der Waals surface area contributed by atoms with Crippen molar-refractivity contribution in [3.8, 4) is 0 Å². The molecule has 0 atom stereocenters. The average Bonchev–Trinajstić information content (AvgIpc) is 2.88. The minimum Gasteiger partial charge on any atom is -0.439 e. The van der Waals surface area contributed by atoms with Crippen LogP contribution in [0.4, 0.5) is 0 Å². The van der Waals surface area contributed by atoms with Crippen molar-refractivity contribution in [2.75, 3.05) is 6.54 Å². The highest BCUT2D eigenvalue weighted by Gasteiger charge is 2.07. The molecule has 0 fully saturated rings. The fraction of sp³-hybridized carbons (Fsp3) is 0.250. The molecular weight excluding hydrogens is 250 g/mol. The molecule has 0 saturated heterocycles. The number of oxazole rings is 1. The van der Waals surface area contributed by atoms with E-state index in [9.17, 15) is 0 Å². The predicted octanol–water partition coefficient (Wildman–Crippen LogP) is 2.51. The number of aromatic nitrogens is 2. The van der Waals surface area contributed by atoms with Crippen molar-refractivity contribution in [1.82, 2.24) is 9.97 Å². The van der Waals surface area contributed by atoms with Crippen molar-refractivity contribution in [3.05, 3.63) is 59.6 Å². The van der Waals surface area contributed by atoms with Crippen LogP contribution >= 0.6 is 0 Å². The first kappa shape index (κ1) is 12.8. The van der Waals surface area contributed by atoms with Gasteiger partial charge in [-0.2, -0.15) is 4.98 Å². The van der Waals surface area contributed by atoms with E-state index in [1.54, 1.807) is 0 Å². The van der Waals surface area contributed by atoms with Gasteiger partial charge in [-0.05, 0) is 30.5 Å². The molecule has 2 N–H and O–H groups in total. The van der Waals surface area contributed by atoms with Gasteiger partial charge in [-0.15, -0.1) is 0 Å². The van der Waals surface area contributed by atoms with Crippen molar-refractivity contribution >= 4 is 11.2 Å². The van der Waals surface area contributed by atoms with Gasteiger partial charge < -0.3 is 10.2 Å². The molecule has 0 bridgehead atoms. The summed E-state index contributed by atoms with van der Waals surface area (Å²) in [6, 6.07) is 14.4. The summed E-state index contributed by atoms with van der Waals surface area (Å²) in [5, 5.41) is 0. The third-order valence-corrected chi connectivity index (χ3v) is 3.23. The van der Waals surface area contributed by atoms with Crippen LogP contribution < -0.4 is 5.73 Å². The Hall–Kier alpha value is -2.20. The Labute approximate surface area is 117 Å². The zero-order chi connectivity index (χ0) is 13.8. The number of hydrogen-bond acceptors (Lipinski definition) is 4. The summed E-state index contributed by atoms with van der Waals surface area (Å²) in [4.78, 5) is 8.91. The second-order valence-corrected chi connectivity index (χ2v) is 4.76. The van der Waals surface area contributed by atoms with E-state index in [1.165, 1.54) is 5.56 Å². The summed E-state index contributed by atoms with van der Waals surface area (Å²) in [6.07, 6.45) is 2.53. The van der Waals surface area contributed by atoms with Gasteiger partial charge in [-0.3, -0.25) is 0 Å². The molecule has 0 saturated carbocycles. The Bertz CT molecular complexity index is 691. The van der Waals surface area contributed by atoms with E-state index in [0.29, 0.717) is 24.5 Å². The standard InChI is InChI=1S/C16H17N3O/c17-11-10-15-19-16-14(20-15)9-8-13(18-16)7-6-12-4-2-1-3-5-12/h1-5,8-9H,6-7,10-11,17H2. The number of nitrogens with zero attached hydrogens (tertiary/aromatic N) is 2. The van der Waals surface area contributed by atoms with Crippen LogP contribution in [0.5, 0.6) is 0 Å². The second kappa shape index (κ2) is 5.84. The van der Waals surface area contributed by atoms with Gasteiger partial charge in [-0.1, -0.05) is 30.3 Å². The zero-order valence-electron chi connectivity index (χ0n) is 11.2. The highest BCUT2D eigenvalue weighted by Crippen LogP contribution is 2.15. The predicted molar refractivity (Wildman–Crippen MR) is 78.4 cm³/mol. The number of aryl methyl sites for hydroxylation is 2. The molecule has 0 spiro atoms. The van der Waals surface area contributed by atoms with E-state index in [2.05, 4.69) is 34.2 Å². The Morgan fingerprint density at radius 2 is 1.75 bits per heavy atom. The number of fused-ring (bicyclic) bond motifs is 1.